The summed E-state index contributed by atoms with van der Waals surface area (Å²) in [7, 11) is 0. The van der Waals surface area contributed by atoms with E-state index in [0.29, 0.717) is 18.5 Å². The Balaban J connectivity index is 2.69. The SMILES string of the molecule is NCCc1ccccc1C(=O)NC[C@H](O)C(=O)O. The van der Waals surface area contributed by atoms with Crippen LogP contribution in [0.2, 0.25) is 0 Å². The first-order valence-electron chi connectivity index (χ1n) is 5.53. The van der Waals surface area contributed by atoms with Crippen molar-refractivity contribution in [2.45, 2.75) is 12.5 Å². The maximum absolute atomic E-state index is 11.8. The second kappa shape index (κ2) is 6.73. The molecule has 1 aromatic carbocycles. The molecule has 0 saturated heterocycles. The molecule has 6 nitrogen and oxygen atoms in total. The van der Waals surface area contributed by atoms with Crippen LogP contribution in [0.5, 0.6) is 0 Å². The number of aliphatic carboxylic acids is 1. The number of nitrogens with two attached hydrogens (primary N) is 1. The third-order valence-corrected chi connectivity index (χ3v) is 2.42. The summed E-state index contributed by atoms with van der Waals surface area (Å²) in [5, 5.41) is 19.9. The Morgan fingerprint density at radius 1 is 1.33 bits per heavy atom. The summed E-state index contributed by atoms with van der Waals surface area (Å²) in [6, 6.07) is 6.93. The third kappa shape index (κ3) is 3.83. The van der Waals surface area contributed by atoms with Gasteiger partial charge in [-0.2, -0.15) is 0 Å². The number of rotatable bonds is 6. The number of carboxylic acids is 1. The van der Waals surface area contributed by atoms with Crippen LogP contribution < -0.4 is 11.1 Å². The van der Waals surface area contributed by atoms with Crippen molar-refractivity contribution in [1.29, 1.82) is 0 Å². The van der Waals surface area contributed by atoms with Gasteiger partial charge < -0.3 is 21.3 Å². The Labute approximate surface area is 104 Å². The standard InChI is InChI=1S/C12H16N2O4/c13-6-5-8-3-1-2-4-9(8)11(16)14-7-10(15)12(17)18/h1-4,10,15H,5-7,13H2,(H,14,16)(H,17,18)/t10-/m0/s1. The van der Waals surface area contributed by atoms with Crippen LogP contribution in [0.1, 0.15) is 15.9 Å². The van der Waals surface area contributed by atoms with Crippen LogP contribution in [0, 0.1) is 0 Å². The van der Waals surface area contributed by atoms with Crippen LogP contribution >= 0.6 is 0 Å². The van der Waals surface area contributed by atoms with E-state index in [4.69, 9.17) is 15.9 Å². The van der Waals surface area contributed by atoms with E-state index in [1.807, 2.05) is 0 Å². The molecule has 1 aromatic rings. The molecule has 1 atom stereocenters. The fourth-order valence-corrected chi connectivity index (χ4v) is 1.49. The zero-order valence-electron chi connectivity index (χ0n) is 9.80. The zero-order valence-corrected chi connectivity index (χ0v) is 9.80. The van der Waals surface area contributed by atoms with Gasteiger partial charge >= 0.3 is 5.97 Å². The summed E-state index contributed by atoms with van der Waals surface area (Å²) in [4.78, 5) is 22.2. The molecule has 0 spiro atoms. The Hall–Kier alpha value is -1.92. The van der Waals surface area contributed by atoms with E-state index in [1.54, 1.807) is 24.3 Å². The van der Waals surface area contributed by atoms with E-state index in [0.717, 1.165) is 5.56 Å². The van der Waals surface area contributed by atoms with Gasteiger partial charge in [-0.3, -0.25) is 4.79 Å². The maximum atomic E-state index is 11.8. The minimum absolute atomic E-state index is 0.328. The lowest BCUT2D eigenvalue weighted by atomic mass is 10.0. The second-order valence-electron chi connectivity index (χ2n) is 3.76. The average Bonchev–Trinajstić information content (AvgIpc) is 2.36. The maximum Gasteiger partial charge on any atom is 0.334 e. The summed E-state index contributed by atoms with van der Waals surface area (Å²) in [5.41, 5.74) is 6.68. The molecule has 0 bridgehead atoms. The van der Waals surface area contributed by atoms with Crippen molar-refractivity contribution in [3.05, 3.63) is 35.4 Å². The Morgan fingerprint density at radius 2 is 2.00 bits per heavy atom. The van der Waals surface area contributed by atoms with E-state index in [9.17, 15) is 9.59 Å². The van der Waals surface area contributed by atoms with Crippen molar-refractivity contribution in [3.63, 3.8) is 0 Å². The Morgan fingerprint density at radius 3 is 2.61 bits per heavy atom. The fraction of sp³-hybridized carbons (Fsp3) is 0.333. The van der Waals surface area contributed by atoms with Crippen molar-refractivity contribution in [1.82, 2.24) is 5.32 Å². The lowest BCUT2D eigenvalue weighted by molar-refractivity contribution is -0.146. The number of hydrogen-bond acceptors (Lipinski definition) is 4. The molecule has 0 saturated carbocycles. The summed E-state index contributed by atoms with van der Waals surface area (Å²) in [6.07, 6.45) is -1.04. The van der Waals surface area contributed by atoms with Crippen LogP contribution in [0.3, 0.4) is 0 Å². The van der Waals surface area contributed by atoms with E-state index in [-0.39, 0.29) is 6.54 Å². The van der Waals surface area contributed by atoms with Gasteiger partial charge in [-0.25, -0.2) is 4.79 Å². The zero-order chi connectivity index (χ0) is 13.5. The molecule has 1 amide bonds. The minimum atomic E-state index is -1.60. The monoisotopic (exact) mass is 252 g/mol. The van der Waals surface area contributed by atoms with Crippen LogP contribution in [0.25, 0.3) is 0 Å². The highest BCUT2D eigenvalue weighted by Gasteiger charge is 2.16. The first-order valence-corrected chi connectivity index (χ1v) is 5.53. The predicted octanol–water partition coefficient (Wildman–Crippen LogP) is -0.637. The lowest BCUT2D eigenvalue weighted by Gasteiger charge is -2.10. The summed E-state index contributed by atoms with van der Waals surface area (Å²) >= 11 is 0. The van der Waals surface area contributed by atoms with Gasteiger partial charge in [0.15, 0.2) is 6.10 Å². The Kier molecular flexibility index (Phi) is 5.29. The number of aliphatic hydroxyl groups is 1. The molecule has 98 valence electrons. The summed E-state index contributed by atoms with van der Waals surface area (Å²) in [5.74, 6) is -1.79. The second-order valence-corrected chi connectivity index (χ2v) is 3.76. The van der Waals surface area contributed by atoms with Crippen LogP contribution in [0.15, 0.2) is 24.3 Å². The fourth-order valence-electron chi connectivity index (χ4n) is 1.49. The number of carbonyl (C=O) groups is 2. The molecule has 5 N–H and O–H groups in total. The molecule has 18 heavy (non-hydrogen) atoms. The molecule has 0 unspecified atom stereocenters. The first-order chi connectivity index (χ1) is 8.56. The van der Waals surface area contributed by atoms with Gasteiger partial charge in [-0.1, -0.05) is 18.2 Å². The van der Waals surface area contributed by atoms with Gasteiger partial charge in [0, 0.05) is 5.56 Å². The smallest absolute Gasteiger partial charge is 0.334 e. The highest BCUT2D eigenvalue weighted by Crippen LogP contribution is 2.08. The first kappa shape index (κ1) is 14.1. The van der Waals surface area contributed by atoms with Gasteiger partial charge in [0.2, 0.25) is 0 Å². The molecule has 0 aliphatic rings. The number of nitrogens with one attached hydrogen (secondary N) is 1. The summed E-state index contributed by atoms with van der Waals surface area (Å²) in [6.45, 7) is 0.0904. The Bertz CT molecular complexity index is 434. The number of aliphatic hydroxyl groups excluding tert-OH is 1. The van der Waals surface area contributed by atoms with E-state index in [1.165, 1.54) is 0 Å². The van der Waals surface area contributed by atoms with Gasteiger partial charge in [0.25, 0.3) is 5.91 Å². The highest BCUT2D eigenvalue weighted by atomic mass is 16.4. The van der Waals surface area contributed by atoms with Crippen LogP contribution in [-0.2, 0) is 11.2 Å². The van der Waals surface area contributed by atoms with Gasteiger partial charge in [-0.15, -0.1) is 0 Å². The molecule has 0 heterocycles. The molecule has 6 heteroatoms. The average molecular weight is 252 g/mol. The van der Waals surface area contributed by atoms with E-state index in [2.05, 4.69) is 5.32 Å². The largest absolute Gasteiger partial charge is 0.479 e. The molecule has 0 radical (unpaired) electrons. The lowest BCUT2D eigenvalue weighted by Crippen LogP contribution is -2.36. The molecule has 0 aliphatic carbocycles. The number of carbonyl (C=O) groups excluding carboxylic acids is 1. The quantitative estimate of drug-likeness (QED) is 0.538. The number of benzene rings is 1. The number of hydrogen-bond donors (Lipinski definition) is 4. The van der Waals surface area contributed by atoms with Crippen molar-refractivity contribution < 1.29 is 19.8 Å². The normalized spacial score (nSPS) is 11.9. The minimum Gasteiger partial charge on any atom is -0.479 e. The van der Waals surface area contributed by atoms with Crippen molar-refractivity contribution in [3.8, 4) is 0 Å². The molecule has 0 aromatic heterocycles. The molecular formula is C12H16N2O4. The topological polar surface area (TPSA) is 113 Å². The number of amides is 1. The van der Waals surface area contributed by atoms with Crippen molar-refractivity contribution in [2.24, 2.45) is 5.73 Å². The summed E-state index contributed by atoms with van der Waals surface area (Å²) < 4.78 is 0. The van der Waals surface area contributed by atoms with Crippen LogP contribution in [-0.4, -0.2) is 41.3 Å². The molecule has 1 rings (SSSR count). The van der Waals surface area contributed by atoms with E-state index >= 15 is 0 Å². The highest BCUT2D eigenvalue weighted by molar-refractivity contribution is 5.95. The van der Waals surface area contributed by atoms with Crippen molar-refractivity contribution >= 4 is 11.9 Å². The van der Waals surface area contributed by atoms with Gasteiger partial charge in [0.1, 0.15) is 0 Å². The van der Waals surface area contributed by atoms with Gasteiger partial charge in [0.05, 0.1) is 6.54 Å². The molecular weight excluding hydrogens is 236 g/mol. The van der Waals surface area contributed by atoms with Crippen molar-refractivity contribution in [2.75, 3.05) is 13.1 Å². The molecule has 0 fully saturated rings. The number of carboxylic acid groups (broad SMARTS) is 1. The third-order valence-electron chi connectivity index (χ3n) is 2.42. The predicted molar refractivity (Wildman–Crippen MR) is 65.2 cm³/mol. The van der Waals surface area contributed by atoms with Gasteiger partial charge in [-0.05, 0) is 24.6 Å². The molecule has 0 aliphatic heterocycles. The van der Waals surface area contributed by atoms with Crippen LogP contribution in [0.4, 0.5) is 0 Å². The van der Waals surface area contributed by atoms with E-state index < -0.39 is 18.0 Å².